The third kappa shape index (κ3) is 5.08. The molecule has 1 amide bonds. The summed E-state index contributed by atoms with van der Waals surface area (Å²) in [6.07, 6.45) is 0. The van der Waals surface area contributed by atoms with E-state index in [4.69, 9.17) is 0 Å². The van der Waals surface area contributed by atoms with Gasteiger partial charge in [-0.05, 0) is 31.3 Å². The molecule has 10 nitrogen and oxygen atoms in total. The highest BCUT2D eigenvalue weighted by Crippen LogP contribution is 2.28. The van der Waals surface area contributed by atoms with Crippen LogP contribution in [0.25, 0.3) is 0 Å². The molecular weight excluding hydrogens is 398 g/mol. The fourth-order valence-electron chi connectivity index (χ4n) is 2.84. The Labute approximate surface area is 168 Å². The molecule has 0 bridgehead atoms. The lowest BCUT2D eigenvalue weighted by Gasteiger charge is -2.32. The van der Waals surface area contributed by atoms with Crippen LogP contribution in [0.15, 0.2) is 53.4 Å². The van der Waals surface area contributed by atoms with Crippen molar-refractivity contribution in [2.45, 2.75) is 4.90 Å². The maximum absolute atomic E-state index is 12.5. The van der Waals surface area contributed by atoms with Crippen LogP contribution in [0.4, 0.5) is 11.4 Å². The molecule has 1 aliphatic rings. The zero-order valence-electron chi connectivity index (χ0n) is 15.7. The SMILES string of the molecule is CN1CCN(Nc2ccc(S(=O)(=O)NC(=O)c3ccccc3)cc2[N+](=O)[O-])CC1. The zero-order chi connectivity index (χ0) is 21.0. The highest BCUT2D eigenvalue weighted by Gasteiger charge is 2.25. The van der Waals surface area contributed by atoms with Crippen LogP contribution >= 0.6 is 0 Å². The van der Waals surface area contributed by atoms with Crippen molar-refractivity contribution < 1.29 is 18.1 Å². The molecule has 1 fully saturated rings. The van der Waals surface area contributed by atoms with Gasteiger partial charge in [0.1, 0.15) is 5.69 Å². The summed E-state index contributed by atoms with van der Waals surface area (Å²) in [4.78, 5) is 24.8. The smallest absolute Gasteiger partial charge is 0.295 e. The Balaban J connectivity index is 1.81. The number of hydrogen-bond acceptors (Lipinski definition) is 8. The summed E-state index contributed by atoms with van der Waals surface area (Å²) in [5.74, 6) is -0.812. The second-order valence-corrected chi connectivity index (χ2v) is 8.32. The summed E-state index contributed by atoms with van der Waals surface area (Å²) in [7, 11) is -2.28. The Bertz CT molecular complexity index is 1000. The Morgan fingerprint density at radius 2 is 1.72 bits per heavy atom. The van der Waals surface area contributed by atoms with Gasteiger partial charge in [-0.3, -0.25) is 14.9 Å². The highest BCUT2D eigenvalue weighted by atomic mass is 32.2. The normalized spacial score (nSPS) is 15.6. The second kappa shape index (κ2) is 8.55. The fourth-order valence-corrected chi connectivity index (χ4v) is 3.84. The first kappa shape index (κ1) is 20.7. The van der Waals surface area contributed by atoms with Gasteiger partial charge in [-0.15, -0.1) is 0 Å². The molecule has 3 rings (SSSR count). The average molecular weight is 419 g/mol. The molecule has 2 aromatic rings. The summed E-state index contributed by atoms with van der Waals surface area (Å²) < 4.78 is 27.0. The van der Waals surface area contributed by atoms with Crippen molar-refractivity contribution in [1.29, 1.82) is 0 Å². The van der Waals surface area contributed by atoms with Crippen LogP contribution in [0.2, 0.25) is 0 Å². The predicted octanol–water partition coefficient (Wildman–Crippen LogP) is 1.29. The van der Waals surface area contributed by atoms with Crippen molar-refractivity contribution in [1.82, 2.24) is 14.6 Å². The maximum atomic E-state index is 12.5. The number of hydrazine groups is 1. The third-order valence-corrected chi connectivity index (χ3v) is 5.85. The van der Waals surface area contributed by atoms with Gasteiger partial charge in [0, 0.05) is 37.8 Å². The molecule has 0 spiro atoms. The zero-order valence-corrected chi connectivity index (χ0v) is 16.6. The predicted molar refractivity (Wildman–Crippen MR) is 107 cm³/mol. The van der Waals surface area contributed by atoms with Gasteiger partial charge in [0.25, 0.3) is 21.6 Å². The number of carbonyl (C=O) groups excluding carboxylic acids is 1. The number of piperazine rings is 1. The van der Waals surface area contributed by atoms with Crippen molar-refractivity contribution in [3.05, 3.63) is 64.2 Å². The van der Waals surface area contributed by atoms with Crippen LogP contribution in [0, 0.1) is 10.1 Å². The fraction of sp³-hybridized carbons (Fsp3) is 0.278. The summed E-state index contributed by atoms with van der Waals surface area (Å²) >= 11 is 0. The van der Waals surface area contributed by atoms with Crippen LogP contribution in [0.1, 0.15) is 10.4 Å². The molecule has 0 radical (unpaired) electrons. The second-order valence-electron chi connectivity index (χ2n) is 6.64. The van der Waals surface area contributed by atoms with Crippen molar-refractivity contribution in [3.8, 4) is 0 Å². The molecule has 29 heavy (non-hydrogen) atoms. The molecule has 0 saturated carbocycles. The molecule has 2 aromatic carbocycles. The standard InChI is InChI=1S/C18H21N5O5S/c1-21-9-11-22(12-10-21)19-16-8-7-15(13-17(16)23(25)26)29(27,28)20-18(24)14-5-3-2-4-6-14/h2-8,13,19H,9-12H2,1H3,(H,20,24). The van der Waals surface area contributed by atoms with Gasteiger partial charge >= 0.3 is 0 Å². The maximum Gasteiger partial charge on any atom is 0.295 e. The lowest BCUT2D eigenvalue weighted by Crippen LogP contribution is -2.47. The monoisotopic (exact) mass is 419 g/mol. The summed E-state index contributed by atoms with van der Waals surface area (Å²) in [5, 5.41) is 13.3. The third-order valence-electron chi connectivity index (χ3n) is 4.52. The lowest BCUT2D eigenvalue weighted by atomic mass is 10.2. The van der Waals surface area contributed by atoms with E-state index in [-0.39, 0.29) is 21.8 Å². The molecule has 11 heteroatoms. The quantitative estimate of drug-likeness (QED) is 0.530. The minimum Gasteiger partial charge on any atom is -0.313 e. The summed E-state index contributed by atoms with van der Waals surface area (Å²) in [6.45, 7) is 2.94. The van der Waals surface area contributed by atoms with Crippen molar-refractivity contribution in [2.24, 2.45) is 0 Å². The van der Waals surface area contributed by atoms with E-state index >= 15 is 0 Å². The first-order valence-corrected chi connectivity index (χ1v) is 10.4. The molecule has 1 saturated heterocycles. The van der Waals surface area contributed by atoms with Crippen molar-refractivity contribution in [3.63, 3.8) is 0 Å². The Morgan fingerprint density at radius 1 is 1.07 bits per heavy atom. The van der Waals surface area contributed by atoms with E-state index < -0.39 is 20.9 Å². The number of sulfonamides is 1. The molecule has 1 aliphatic heterocycles. The van der Waals surface area contributed by atoms with Crippen LogP contribution in [0.3, 0.4) is 0 Å². The van der Waals surface area contributed by atoms with E-state index in [0.29, 0.717) is 13.1 Å². The van der Waals surface area contributed by atoms with Crippen LogP contribution < -0.4 is 10.1 Å². The summed E-state index contributed by atoms with van der Waals surface area (Å²) in [5.41, 5.74) is 2.94. The van der Waals surface area contributed by atoms with Crippen molar-refractivity contribution in [2.75, 3.05) is 38.7 Å². The minimum atomic E-state index is -4.27. The number of nitro benzene ring substituents is 1. The highest BCUT2D eigenvalue weighted by molar-refractivity contribution is 7.90. The topological polar surface area (TPSA) is 125 Å². The van der Waals surface area contributed by atoms with E-state index in [1.54, 1.807) is 18.2 Å². The van der Waals surface area contributed by atoms with Gasteiger partial charge in [0.05, 0.1) is 9.82 Å². The number of rotatable bonds is 6. The van der Waals surface area contributed by atoms with Crippen molar-refractivity contribution >= 4 is 27.3 Å². The van der Waals surface area contributed by atoms with Gasteiger partial charge < -0.3 is 10.3 Å². The number of anilines is 1. The Hall–Kier alpha value is -3.02. The summed E-state index contributed by atoms with van der Waals surface area (Å²) in [6, 6.07) is 11.3. The Kier molecular flexibility index (Phi) is 6.11. The molecule has 0 unspecified atom stereocenters. The number of amides is 1. The van der Waals surface area contributed by atoms with Gasteiger partial charge in [-0.2, -0.15) is 0 Å². The Morgan fingerprint density at radius 3 is 2.34 bits per heavy atom. The molecule has 2 N–H and O–H groups in total. The van der Waals surface area contributed by atoms with E-state index in [9.17, 15) is 23.3 Å². The number of nitro groups is 1. The number of hydrogen-bond donors (Lipinski definition) is 2. The van der Waals surface area contributed by atoms with E-state index in [2.05, 4.69) is 10.3 Å². The van der Waals surface area contributed by atoms with E-state index in [1.165, 1.54) is 24.3 Å². The number of carbonyl (C=O) groups is 1. The molecular formula is C18H21N5O5S. The minimum absolute atomic E-state index is 0.166. The van der Waals surface area contributed by atoms with Gasteiger partial charge in [0.15, 0.2) is 0 Å². The molecule has 1 heterocycles. The van der Waals surface area contributed by atoms with E-state index in [0.717, 1.165) is 19.2 Å². The lowest BCUT2D eigenvalue weighted by molar-refractivity contribution is -0.384. The first-order chi connectivity index (χ1) is 13.8. The number of likely N-dealkylation sites (N-methyl/N-ethyl adjacent to an activating group) is 1. The average Bonchev–Trinajstić information content (AvgIpc) is 2.70. The van der Waals surface area contributed by atoms with Crippen LogP contribution in [0.5, 0.6) is 0 Å². The number of nitrogens with one attached hydrogen (secondary N) is 2. The largest absolute Gasteiger partial charge is 0.313 e. The van der Waals surface area contributed by atoms with Crippen LogP contribution in [-0.4, -0.2) is 62.4 Å². The van der Waals surface area contributed by atoms with E-state index in [1.807, 2.05) is 16.8 Å². The molecule has 0 aromatic heterocycles. The number of nitrogens with zero attached hydrogens (tertiary/aromatic N) is 3. The first-order valence-electron chi connectivity index (χ1n) is 8.87. The molecule has 154 valence electrons. The number of benzene rings is 2. The molecule has 0 atom stereocenters. The van der Waals surface area contributed by atoms with Gasteiger partial charge in [0.2, 0.25) is 0 Å². The molecule has 0 aliphatic carbocycles. The van der Waals surface area contributed by atoms with Gasteiger partial charge in [-0.25, -0.2) is 18.1 Å². The van der Waals surface area contributed by atoms with Crippen LogP contribution in [-0.2, 0) is 10.0 Å². The van der Waals surface area contributed by atoms with Gasteiger partial charge in [-0.1, -0.05) is 18.2 Å².